The second-order valence-corrected chi connectivity index (χ2v) is 11.7. The number of hydrogen-bond donors (Lipinski definition) is 0. The van der Waals surface area contributed by atoms with Gasteiger partial charge < -0.3 is 0 Å². The van der Waals surface area contributed by atoms with Crippen molar-refractivity contribution in [2.24, 2.45) is 0 Å². The molecule has 0 aliphatic heterocycles. The number of hydrogen-bond acceptors (Lipinski definition) is 0. The molecule has 0 spiro atoms. The van der Waals surface area contributed by atoms with E-state index in [2.05, 4.69) is 0 Å². The van der Waals surface area contributed by atoms with Gasteiger partial charge in [0.1, 0.15) is 0 Å². The second-order valence-electron chi connectivity index (χ2n) is 2.73. The third-order valence-corrected chi connectivity index (χ3v) is 5.95. The largest absolute Gasteiger partial charge is 0.280 e. The number of rotatable bonds is 1. The first-order valence-corrected chi connectivity index (χ1v) is 9.50. The summed E-state index contributed by atoms with van der Waals surface area (Å²) in [7, 11) is 0. The maximum atomic E-state index is 6.03. The van der Waals surface area contributed by atoms with Crippen LogP contribution in [0.4, 0.5) is 0 Å². The van der Waals surface area contributed by atoms with Crippen LogP contribution >= 0.6 is 68.6 Å². The Bertz CT molecular complexity index is 343. The van der Waals surface area contributed by atoms with Crippen LogP contribution in [0.25, 0.3) is 0 Å². The van der Waals surface area contributed by atoms with Crippen LogP contribution < -0.4 is 5.19 Å². The highest BCUT2D eigenvalue weighted by Gasteiger charge is 2.32. The maximum absolute atomic E-state index is 6.03. The Labute approximate surface area is 112 Å². The van der Waals surface area contributed by atoms with Gasteiger partial charge >= 0.3 is 0 Å². The van der Waals surface area contributed by atoms with Gasteiger partial charge in [-0.05, 0) is 12.6 Å². The second kappa shape index (κ2) is 4.58. The lowest BCUT2D eigenvalue weighted by molar-refractivity contribution is 1.74. The summed E-state index contributed by atoms with van der Waals surface area (Å²) in [5.74, 6) is 0. The molecule has 0 N–H and O–H groups in total. The Morgan fingerprint density at radius 3 is 1.57 bits per heavy atom. The molecule has 0 nitrogen and oxygen atoms in total. The molecule has 78 valence electrons. The molecule has 0 saturated heterocycles. The van der Waals surface area contributed by atoms with Crippen molar-refractivity contribution in [2.75, 3.05) is 0 Å². The zero-order valence-electron chi connectivity index (χ0n) is 6.85. The van der Waals surface area contributed by atoms with Gasteiger partial charge in [0.25, 0.3) is 6.69 Å². The Balaban J connectivity index is 3.56. The smallest absolute Gasteiger partial charge is 0.140 e. The van der Waals surface area contributed by atoms with E-state index in [-0.39, 0.29) is 10.0 Å². The standard InChI is InChI=1S/C7H4Cl6Si/c1-14(12,13)7-5(10)3(8)2-4(9)6(7)11/h2H,1H3. The van der Waals surface area contributed by atoms with Crippen LogP contribution in [0.2, 0.25) is 26.6 Å². The van der Waals surface area contributed by atoms with Crippen LogP contribution in [0.5, 0.6) is 0 Å². The summed E-state index contributed by atoms with van der Waals surface area (Å²) < 4.78 is 0. The molecular weight excluding hydrogens is 325 g/mol. The van der Waals surface area contributed by atoms with Gasteiger partial charge in [0, 0.05) is 5.19 Å². The van der Waals surface area contributed by atoms with Gasteiger partial charge in [-0.25, -0.2) is 0 Å². The fourth-order valence-corrected chi connectivity index (χ4v) is 5.81. The van der Waals surface area contributed by atoms with Gasteiger partial charge in [-0.1, -0.05) is 46.4 Å². The fraction of sp³-hybridized carbons (Fsp3) is 0.143. The summed E-state index contributed by atoms with van der Waals surface area (Å²) in [4.78, 5) is 0. The monoisotopic (exact) mass is 326 g/mol. The van der Waals surface area contributed by atoms with Crippen molar-refractivity contribution in [3.63, 3.8) is 0 Å². The summed E-state index contributed by atoms with van der Waals surface area (Å²) >= 11 is 35.6. The average molecular weight is 329 g/mol. The highest BCUT2D eigenvalue weighted by molar-refractivity contribution is 7.51. The normalized spacial score (nSPS) is 11.9. The fourth-order valence-electron chi connectivity index (χ4n) is 0.959. The molecule has 7 heteroatoms. The molecule has 0 fully saturated rings. The molecule has 1 aromatic rings. The van der Waals surface area contributed by atoms with E-state index in [0.717, 1.165) is 0 Å². The molecule has 0 amide bonds. The van der Waals surface area contributed by atoms with Crippen LogP contribution in [-0.4, -0.2) is 6.69 Å². The molecule has 0 bridgehead atoms. The first kappa shape index (κ1) is 13.2. The SMILES string of the molecule is C[Si](Cl)(Cl)c1c(Cl)c(Cl)cc(Cl)c1Cl. The highest BCUT2D eigenvalue weighted by atomic mass is 35.7. The lowest BCUT2D eigenvalue weighted by atomic mass is 10.3. The van der Waals surface area contributed by atoms with Crippen molar-refractivity contribution in [1.82, 2.24) is 0 Å². The van der Waals surface area contributed by atoms with Crippen LogP contribution in [-0.2, 0) is 0 Å². The molecule has 1 rings (SSSR count). The van der Waals surface area contributed by atoms with Crippen LogP contribution in [0.15, 0.2) is 6.07 Å². The van der Waals surface area contributed by atoms with Crippen molar-refractivity contribution >= 4 is 80.4 Å². The van der Waals surface area contributed by atoms with E-state index in [9.17, 15) is 0 Å². The molecule has 0 saturated carbocycles. The Morgan fingerprint density at radius 2 is 1.29 bits per heavy atom. The number of halogens is 6. The first-order valence-electron chi connectivity index (χ1n) is 3.46. The van der Waals surface area contributed by atoms with Crippen LogP contribution in [0, 0.1) is 0 Å². The minimum absolute atomic E-state index is 0.278. The molecule has 0 unspecified atom stereocenters. The van der Waals surface area contributed by atoms with Crippen molar-refractivity contribution < 1.29 is 0 Å². The van der Waals surface area contributed by atoms with Gasteiger partial charge in [-0.2, -0.15) is 0 Å². The molecule has 0 aromatic heterocycles. The van der Waals surface area contributed by atoms with Crippen molar-refractivity contribution in [1.29, 1.82) is 0 Å². The van der Waals surface area contributed by atoms with E-state index in [1.165, 1.54) is 6.07 Å². The summed E-state index contributed by atoms with van der Waals surface area (Å²) in [6, 6.07) is 1.46. The number of benzene rings is 1. The van der Waals surface area contributed by atoms with Crippen molar-refractivity contribution in [3.05, 3.63) is 26.2 Å². The lowest BCUT2D eigenvalue weighted by Crippen LogP contribution is -2.34. The minimum Gasteiger partial charge on any atom is -0.140 e. The van der Waals surface area contributed by atoms with Gasteiger partial charge in [0.15, 0.2) is 0 Å². The third kappa shape index (κ3) is 2.65. The van der Waals surface area contributed by atoms with E-state index in [4.69, 9.17) is 68.6 Å². The van der Waals surface area contributed by atoms with E-state index in [1.807, 2.05) is 0 Å². The summed E-state index contributed by atoms with van der Waals surface area (Å²) in [6.07, 6.45) is 0. The lowest BCUT2D eigenvalue weighted by Gasteiger charge is -2.16. The van der Waals surface area contributed by atoms with Gasteiger partial charge in [-0.3, -0.25) is 0 Å². The van der Waals surface area contributed by atoms with E-state index < -0.39 is 6.69 Å². The first-order chi connectivity index (χ1) is 6.25. The molecule has 14 heavy (non-hydrogen) atoms. The zero-order chi connectivity index (χ0) is 11.1. The summed E-state index contributed by atoms with van der Waals surface area (Å²) in [5.41, 5.74) is 0. The zero-order valence-corrected chi connectivity index (χ0v) is 12.4. The van der Waals surface area contributed by atoms with Crippen LogP contribution in [0.3, 0.4) is 0 Å². The molecular formula is C7H4Cl6Si. The van der Waals surface area contributed by atoms with Crippen molar-refractivity contribution in [3.8, 4) is 0 Å². The molecule has 0 aliphatic carbocycles. The van der Waals surface area contributed by atoms with Crippen molar-refractivity contribution in [2.45, 2.75) is 6.55 Å². The highest BCUT2D eigenvalue weighted by Crippen LogP contribution is 2.34. The maximum Gasteiger partial charge on any atom is 0.280 e. The summed E-state index contributed by atoms with van der Waals surface area (Å²) in [6.45, 7) is -0.997. The predicted molar refractivity (Wildman–Crippen MR) is 69.4 cm³/mol. The van der Waals surface area contributed by atoms with Gasteiger partial charge in [0.05, 0.1) is 20.1 Å². The quantitative estimate of drug-likeness (QED) is 0.384. The predicted octanol–water partition coefficient (Wildman–Crippen LogP) is 5.06. The van der Waals surface area contributed by atoms with Gasteiger partial charge in [0.2, 0.25) is 0 Å². The third-order valence-electron chi connectivity index (χ3n) is 1.55. The van der Waals surface area contributed by atoms with E-state index in [0.29, 0.717) is 15.2 Å². The molecule has 0 atom stereocenters. The van der Waals surface area contributed by atoms with E-state index >= 15 is 0 Å². The molecule has 0 aliphatic rings. The topological polar surface area (TPSA) is 0 Å². The molecule has 0 heterocycles. The minimum atomic E-state index is -2.67. The van der Waals surface area contributed by atoms with Crippen LogP contribution in [0.1, 0.15) is 0 Å². The Kier molecular flexibility index (Phi) is 4.33. The molecule has 1 aromatic carbocycles. The van der Waals surface area contributed by atoms with E-state index in [1.54, 1.807) is 6.55 Å². The summed E-state index contributed by atoms with van der Waals surface area (Å²) in [5, 5.41) is 1.62. The average Bonchev–Trinajstić information content (AvgIpc) is 1.98. The Morgan fingerprint density at radius 1 is 0.929 bits per heavy atom. The van der Waals surface area contributed by atoms with Gasteiger partial charge in [-0.15, -0.1) is 22.2 Å². The molecule has 0 radical (unpaired) electrons. The Hall–Kier alpha value is 1.18.